The van der Waals surface area contributed by atoms with Crippen LogP contribution in [0.1, 0.15) is 138 Å². The van der Waals surface area contributed by atoms with Gasteiger partial charge in [-0.2, -0.15) is 10.2 Å². The van der Waals surface area contributed by atoms with Crippen LogP contribution in [0.25, 0.3) is 0 Å². The molecule has 0 saturated carbocycles. The summed E-state index contributed by atoms with van der Waals surface area (Å²) >= 11 is 0. The van der Waals surface area contributed by atoms with Crippen molar-refractivity contribution < 1.29 is 59.4 Å². The van der Waals surface area contributed by atoms with E-state index in [1.165, 1.54) is 62.4 Å². The molecule has 0 unspecified atom stereocenters. The predicted octanol–water partition coefficient (Wildman–Crippen LogP) is 7.14. The van der Waals surface area contributed by atoms with Gasteiger partial charge >= 0.3 is 11.9 Å². The minimum absolute atomic E-state index is 0.00216. The summed E-state index contributed by atoms with van der Waals surface area (Å²) in [7, 11) is 0. The maximum atomic E-state index is 15.1. The number of allylic oxidation sites excluding steroid dienone is 4. The maximum Gasteiger partial charge on any atom is 0.337 e. The minimum atomic E-state index is -1.31. The molecule has 0 amide bonds. The number of carboxylic acid groups (broad SMARTS) is 2. The minimum Gasteiger partial charge on any atom is -0.504 e. The number of hydrogen-bond acceptors (Lipinski definition) is 14. The number of nitrogens with zero attached hydrogens (tertiary/aromatic N) is 2. The van der Waals surface area contributed by atoms with Crippen molar-refractivity contribution in [1.82, 2.24) is 0 Å². The average molecular weight is 815 g/mol. The molecule has 16 nitrogen and oxygen atoms in total. The molecule has 0 fully saturated rings. The second kappa shape index (κ2) is 15.8. The Bertz CT molecular complexity index is 2570. The van der Waals surface area contributed by atoms with E-state index in [9.17, 15) is 49.8 Å². The third kappa shape index (κ3) is 6.53. The molecule has 4 aromatic carbocycles. The molecule has 0 atom stereocenters. The Balaban J connectivity index is 1.77. The lowest BCUT2D eigenvalue weighted by molar-refractivity contribution is 0.0687. The summed E-state index contributed by atoms with van der Waals surface area (Å²) < 4.78 is 0. The molecule has 2 aliphatic rings. The van der Waals surface area contributed by atoms with Crippen molar-refractivity contribution in [2.45, 2.75) is 53.4 Å². The van der Waals surface area contributed by atoms with Crippen LogP contribution >= 0.6 is 0 Å². The first-order valence-electron chi connectivity index (χ1n) is 18.4. The number of ketones is 2. The first-order valence-corrected chi connectivity index (χ1v) is 18.4. The van der Waals surface area contributed by atoms with E-state index in [4.69, 9.17) is 0 Å². The van der Waals surface area contributed by atoms with Crippen LogP contribution in [0.3, 0.4) is 0 Å². The molecule has 8 N–H and O–H groups in total. The van der Waals surface area contributed by atoms with Gasteiger partial charge in [0, 0.05) is 44.5 Å². The number of rotatable bonds is 11. The van der Waals surface area contributed by atoms with Gasteiger partial charge in [-0.25, -0.2) is 9.59 Å². The average Bonchev–Trinajstić information content (AvgIpc) is 3.20. The monoisotopic (exact) mass is 814 g/mol. The number of para-hydroxylation sites is 2. The number of benzene rings is 4. The van der Waals surface area contributed by atoms with Crippen LogP contribution in [-0.2, 0) is 0 Å². The number of fused-ring (bicyclic) bond motifs is 2. The SMILES string of the molecule is CC1=C(C2=C(C)/C(=N\Nc3ccccc3C(=O)O)c3c(c(C=O)c(O)c(O)c3C(C)C)C2=O)C(=O)c2c(C=O)c(O)c(O)c(C(C)C)c2/C1=N/Nc1ccccc1C(=O)O. The number of aldehydes is 2. The summed E-state index contributed by atoms with van der Waals surface area (Å²) in [5.74, 6) is -9.17. The maximum absolute atomic E-state index is 15.1. The number of anilines is 2. The van der Waals surface area contributed by atoms with Crippen LogP contribution in [0.5, 0.6) is 23.0 Å². The zero-order valence-electron chi connectivity index (χ0n) is 33.0. The van der Waals surface area contributed by atoms with E-state index in [-0.39, 0.29) is 79.9 Å². The van der Waals surface area contributed by atoms with E-state index < -0.39 is 91.7 Å². The van der Waals surface area contributed by atoms with Gasteiger partial charge in [0.2, 0.25) is 0 Å². The smallest absolute Gasteiger partial charge is 0.337 e. The zero-order chi connectivity index (χ0) is 44.1. The van der Waals surface area contributed by atoms with Crippen molar-refractivity contribution >= 4 is 58.9 Å². The number of phenols is 4. The predicted molar refractivity (Wildman–Crippen MR) is 220 cm³/mol. The van der Waals surface area contributed by atoms with Gasteiger partial charge in [-0.3, -0.25) is 30.0 Å². The van der Waals surface area contributed by atoms with Gasteiger partial charge in [-0.15, -0.1) is 0 Å². The lowest BCUT2D eigenvalue weighted by Gasteiger charge is -2.32. The number of aromatic hydroxyl groups is 4. The topological polar surface area (TPSA) is 273 Å². The normalized spacial score (nSPS) is 15.1. The quantitative estimate of drug-likeness (QED) is 0.0425. The third-order valence-electron chi connectivity index (χ3n) is 10.4. The summed E-state index contributed by atoms with van der Waals surface area (Å²) in [6.45, 7) is 9.37. The molecule has 0 bridgehead atoms. The Hall–Kier alpha value is -7.88. The van der Waals surface area contributed by atoms with Crippen molar-refractivity contribution in [1.29, 1.82) is 0 Å². The Morgan fingerprint density at radius 1 is 0.567 bits per heavy atom. The number of hydrogen-bond donors (Lipinski definition) is 8. The lowest BCUT2D eigenvalue weighted by atomic mass is 9.70. The third-order valence-corrected chi connectivity index (χ3v) is 10.4. The van der Waals surface area contributed by atoms with Crippen LogP contribution < -0.4 is 10.9 Å². The van der Waals surface area contributed by atoms with Crippen molar-refractivity contribution in [3.63, 3.8) is 0 Å². The molecular weight excluding hydrogens is 776 g/mol. The summed E-state index contributed by atoms with van der Waals surface area (Å²) in [6.07, 6.45) is 0.296. The molecule has 60 heavy (non-hydrogen) atoms. The van der Waals surface area contributed by atoms with E-state index in [0.717, 1.165) is 0 Å². The molecule has 16 heteroatoms. The lowest BCUT2D eigenvalue weighted by Crippen LogP contribution is -2.33. The summed E-state index contributed by atoms with van der Waals surface area (Å²) in [5, 5.41) is 73.7. The summed E-state index contributed by atoms with van der Waals surface area (Å²) in [4.78, 5) is 80.0. The molecule has 0 saturated heterocycles. The fourth-order valence-corrected chi connectivity index (χ4v) is 7.69. The number of nitrogens with one attached hydrogen (secondary N) is 2. The van der Waals surface area contributed by atoms with Gasteiger partial charge in [-0.1, -0.05) is 52.0 Å². The highest BCUT2D eigenvalue weighted by Gasteiger charge is 2.44. The van der Waals surface area contributed by atoms with Gasteiger partial charge in [0.1, 0.15) is 0 Å². The van der Waals surface area contributed by atoms with Crippen molar-refractivity contribution in [3.05, 3.63) is 126 Å². The molecule has 0 aliphatic heterocycles. The summed E-state index contributed by atoms with van der Waals surface area (Å²) in [5.41, 5.74) is 1.34. The fourth-order valence-electron chi connectivity index (χ4n) is 7.69. The number of hydrazone groups is 2. The zero-order valence-corrected chi connectivity index (χ0v) is 33.0. The Morgan fingerprint density at radius 3 is 1.20 bits per heavy atom. The first kappa shape index (κ1) is 41.7. The molecule has 0 radical (unpaired) electrons. The van der Waals surface area contributed by atoms with Gasteiger partial charge < -0.3 is 30.6 Å². The highest BCUT2D eigenvalue weighted by atomic mass is 16.4. The van der Waals surface area contributed by atoms with Crippen molar-refractivity contribution in [2.75, 3.05) is 10.9 Å². The van der Waals surface area contributed by atoms with Crippen LogP contribution in [0, 0.1) is 0 Å². The van der Waals surface area contributed by atoms with Gasteiger partial charge in [0.15, 0.2) is 47.1 Å². The van der Waals surface area contributed by atoms with Crippen molar-refractivity contribution in [2.24, 2.45) is 10.2 Å². The molecule has 4 aromatic rings. The van der Waals surface area contributed by atoms with Gasteiger partial charge in [0.25, 0.3) is 0 Å². The second-order valence-electron chi connectivity index (χ2n) is 14.6. The van der Waals surface area contributed by atoms with Crippen LogP contribution in [0.15, 0.2) is 81.0 Å². The van der Waals surface area contributed by atoms with E-state index in [2.05, 4.69) is 21.1 Å². The number of carbonyl (C=O) groups is 6. The Labute approximate surface area is 341 Å². The molecule has 0 heterocycles. The molecule has 0 aromatic heterocycles. The van der Waals surface area contributed by atoms with E-state index in [1.807, 2.05) is 0 Å². The number of Topliss-reactive ketones (excluding diaryl/α,β-unsaturated/α-hetero) is 2. The number of carboxylic acids is 2. The molecular formula is C44H38N4O12. The highest BCUT2D eigenvalue weighted by molar-refractivity contribution is 6.40. The standard InChI is InChI=1S/C44H38N4O12/c1-17(2)27-33-31(23(15-49)37(51)41(27)55)39(53)29(19(5)35(33)47-45-25-13-9-7-11-21(25)43(57)58)30-20(6)36(48-46-26-14-10-8-12-22(26)44(59)60)34-28(18(3)4)42(56)38(52)24(16-50)32(34)40(30)54/h7-18,45-46,51-52,55-56H,1-6H3,(H,57,58)(H,59,60)/b47-35+,48-36+. The van der Waals surface area contributed by atoms with Crippen LogP contribution in [0.2, 0.25) is 0 Å². The van der Waals surface area contributed by atoms with E-state index in [0.29, 0.717) is 0 Å². The molecule has 2 aliphatic carbocycles. The van der Waals surface area contributed by atoms with Crippen molar-refractivity contribution in [3.8, 4) is 23.0 Å². The first-order chi connectivity index (χ1) is 28.4. The molecule has 0 spiro atoms. The number of carbonyl (C=O) groups excluding carboxylic acids is 4. The molecule has 306 valence electrons. The summed E-state index contributed by atoms with van der Waals surface area (Å²) in [6, 6.07) is 11.5. The van der Waals surface area contributed by atoms with Crippen LogP contribution in [0.4, 0.5) is 11.4 Å². The Morgan fingerprint density at radius 2 is 0.900 bits per heavy atom. The Kier molecular flexibility index (Phi) is 11.0. The van der Waals surface area contributed by atoms with E-state index >= 15 is 9.59 Å². The second-order valence-corrected chi connectivity index (χ2v) is 14.6. The highest BCUT2D eigenvalue weighted by Crippen LogP contribution is 2.50. The fraction of sp³-hybridized carbons (Fsp3) is 0.182. The largest absolute Gasteiger partial charge is 0.504 e. The van der Waals surface area contributed by atoms with Gasteiger partial charge in [0.05, 0.1) is 45.1 Å². The molecule has 6 rings (SSSR count). The van der Waals surface area contributed by atoms with E-state index in [1.54, 1.807) is 27.7 Å². The van der Waals surface area contributed by atoms with Crippen LogP contribution in [-0.4, -0.2) is 78.1 Å². The number of phenolic OH excluding ortho intramolecular Hbond substituents is 4. The van der Waals surface area contributed by atoms with Gasteiger partial charge in [-0.05, 0) is 61.1 Å². The number of aromatic carboxylic acids is 2.